The lowest BCUT2D eigenvalue weighted by Gasteiger charge is -2.01. The highest BCUT2D eigenvalue weighted by atomic mass is 14.2. The molecule has 0 heterocycles. The first-order chi connectivity index (χ1) is 4.86. The van der Waals surface area contributed by atoms with Gasteiger partial charge in [-0.25, -0.2) is 0 Å². The Bertz CT molecular complexity index is 122. The quantitative estimate of drug-likeness (QED) is 0.523. The molecule has 0 heteroatoms. The monoisotopic (exact) mass is 138 g/mol. The van der Waals surface area contributed by atoms with E-state index in [-0.39, 0.29) is 0 Å². The summed E-state index contributed by atoms with van der Waals surface area (Å²) in [4.78, 5) is 0. The summed E-state index contributed by atoms with van der Waals surface area (Å²) < 4.78 is 0. The third kappa shape index (κ3) is 1.86. The van der Waals surface area contributed by atoms with E-state index in [1.165, 1.54) is 32.1 Å². The minimum atomic E-state index is 0.931. The first kappa shape index (κ1) is 7.84. The Balaban J connectivity index is 2.32. The number of hydrogen-bond acceptors (Lipinski definition) is 0. The summed E-state index contributed by atoms with van der Waals surface area (Å²) in [5.74, 6) is 0.931. The Morgan fingerprint density at radius 1 is 1.50 bits per heavy atom. The van der Waals surface area contributed by atoms with Gasteiger partial charge in [-0.15, -0.1) is 0 Å². The van der Waals surface area contributed by atoms with Crippen molar-refractivity contribution >= 4 is 0 Å². The van der Waals surface area contributed by atoms with E-state index in [0.717, 1.165) is 5.92 Å². The molecule has 1 rings (SSSR count). The van der Waals surface area contributed by atoms with Crippen LogP contribution in [0.2, 0.25) is 0 Å². The molecule has 0 aromatic heterocycles. The zero-order valence-electron chi connectivity index (χ0n) is 7.19. The molecular weight excluding hydrogens is 120 g/mol. The average molecular weight is 138 g/mol. The second kappa shape index (κ2) is 3.80. The fraction of sp³-hybridized carbons (Fsp3) is 0.800. The van der Waals surface area contributed by atoms with Crippen molar-refractivity contribution in [3.8, 4) is 0 Å². The molecule has 0 radical (unpaired) electrons. The molecule has 10 heavy (non-hydrogen) atoms. The number of allylic oxidation sites excluding steroid dienone is 2. The normalized spacial score (nSPS) is 25.0. The van der Waals surface area contributed by atoms with Crippen LogP contribution in [0.3, 0.4) is 0 Å². The number of rotatable bonds is 3. The molecule has 0 amide bonds. The highest BCUT2D eigenvalue weighted by Crippen LogP contribution is 2.28. The van der Waals surface area contributed by atoms with Crippen LogP contribution in [0.15, 0.2) is 11.6 Å². The maximum Gasteiger partial charge on any atom is -0.0228 e. The fourth-order valence-electron chi connectivity index (χ4n) is 1.76. The van der Waals surface area contributed by atoms with Gasteiger partial charge in [-0.05, 0) is 31.6 Å². The second-order valence-electron chi connectivity index (χ2n) is 3.27. The van der Waals surface area contributed by atoms with E-state index in [9.17, 15) is 0 Å². The molecule has 1 aliphatic rings. The van der Waals surface area contributed by atoms with E-state index >= 15 is 0 Å². The van der Waals surface area contributed by atoms with Crippen LogP contribution in [-0.2, 0) is 0 Å². The highest BCUT2D eigenvalue weighted by Gasteiger charge is 2.12. The molecule has 0 saturated carbocycles. The topological polar surface area (TPSA) is 0 Å². The van der Waals surface area contributed by atoms with Crippen molar-refractivity contribution in [1.29, 1.82) is 0 Å². The summed E-state index contributed by atoms with van der Waals surface area (Å²) in [7, 11) is 0. The van der Waals surface area contributed by atoms with Crippen molar-refractivity contribution in [2.75, 3.05) is 0 Å². The molecule has 0 aromatic carbocycles. The third-order valence-electron chi connectivity index (χ3n) is 2.42. The van der Waals surface area contributed by atoms with E-state index < -0.39 is 0 Å². The Morgan fingerprint density at radius 2 is 2.30 bits per heavy atom. The van der Waals surface area contributed by atoms with E-state index in [0.29, 0.717) is 0 Å². The van der Waals surface area contributed by atoms with Gasteiger partial charge in [0.25, 0.3) is 0 Å². The Labute approximate surface area is 64.3 Å². The van der Waals surface area contributed by atoms with Gasteiger partial charge in [0, 0.05) is 0 Å². The van der Waals surface area contributed by atoms with E-state index in [1.807, 2.05) is 0 Å². The molecule has 0 fully saturated rings. The molecule has 0 N–H and O–H groups in total. The summed E-state index contributed by atoms with van der Waals surface area (Å²) in [5, 5.41) is 0. The minimum absolute atomic E-state index is 0.931. The molecular formula is C10H18. The maximum atomic E-state index is 2.50. The second-order valence-corrected chi connectivity index (χ2v) is 3.27. The van der Waals surface area contributed by atoms with Gasteiger partial charge >= 0.3 is 0 Å². The Morgan fingerprint density at radius 3 is 2.80 bits per heavy atom. The molecule has 0 nitrogen and oxygen atoms in total. The van der Waals surface area contributed by atoms with Gasteiger partial charge < -0.3 is 0 Å². The molecule has 58 valence electrons. The fourth-order valence-corrected chi connectivity index (χ4v) is 1.76. The van der Waals surface area contributed by atoms with Crippen LogP contribution in [0.25, 0.3) is 0 Å². The van der Waals surface area contributed by atoms with Crippen LogP contribution >= 0.6 is 0 Å². The van der Waals surface area contributed by atoms with Crippen molar-refractivity contribution < 1.29 is 0 Å². The van der Waals surface area contributed by atoms with E-state index in [1.54, 1.807) is 5.57 Å². The molecule has 0 aliphatic heterocycles. The van der Waals surface area contributed by atoms with E-state index in [4.69, 9.17) is 0 Å². The largest absolute Gasteiger partial charge is 0.0822 e. The zero-order chi connectivity index (χ0) is 7.40. The van der Waals surface area contributed by atoms with Crippen molar-refractivity contribution in [1.82, 2.24) is 0 Å². The Hall–Kier alpha value is -0.260. The van der Waals surface area contributed by atoms with Crippen LogP contribution in [0.1, 0.15) is 46.0 Å². The maximum absolute atomic E-state index is 2.50. The highest BCUT2D eigenvalue weighted by molar-refractivity contribution is 5.09. The first-order valence-corrected chi connectivity index (χ1v) is 4.56. The van der Waals surface area contributed by atoms with Crippen molar-refractivity contribution in [3.05, 3.63) is 11.6 Å². The Kier molecular flexibility index (Phi) is 2.98. The smallest absolute Gasteiger partial charge is 0.0228 e. The van der Waals surface area contributed by atoms with E-state index in [2.05, 4.69) is 19.9 Å². The first-order valence-electron chi connectivity index (χ1n) is 4.56. The minimum Gasteiger partial charge on any atom is -0.0822 e. The van der Waals surface area contributed by atoms with Gasteiger partial charge in [-0.3, -0.25) is 0 Å². The van der Waals surface area contributed by atoms with Crippen LogP contribution in [-0.4, -0.2) is 0 Å². The third-order valence-corrected chi connectivity index (χ3v) is 2.42. The molecule has 1 aliphatic carbocycles. The molecule has 1 unspecified atom stereocenters. The van der Waals surface area contributed by atoms with Gasteiger partial charge in [-0.2, -0.15) is 0 Å². The van der Waals surface area contributed by atoms with Gasteiger partial charge in [0.15, 0.2) is 0 Å². The lowest BCUT2D eigenvalue weighted by molar-refractivity contribution is 0.568. The molecule has 0 bridgehead atoms. The lowest BCUT2D eigenvalue weighted by Crippen LogP contribution is -1.88. The molecule has 0 saturated heterocycles. The van der Waals surface area contributed by atoms with Crippen molar-refractivity contribution in [2.45, 2.75) is 46.0 Å². The summed E-state index contributed by atoms with van der Waals surface area (Å²) in [5.41, 5.74) is 1.69. The molecule has 1 atom stereocenters. The van der Waals surface area contributed by atoms with Crippen LogP contribution < -0.4 is 0 Å². The van der Waals surface area contributed by atoms with Crippen LogP contribution in [0.4, 0.5) is 0 Å². The summed E-state index contributed by atoms with van der Waals surface area (Å²) in [6.07, 6.45) is 9.34. The SMILES string of the molecule is CCCC1C=C(CC)CC1. The standard InChI is InChI=1S/C10H18/c1-3-5-10-7-6-9(4-2)8-10/h8,10H,3-7H2,1-2H3. The molecule has 0 aromatic rings. The van der Waals surface area contributed by atoms with Gasteiger partial charge in [0.05, 0.1) is 0 Å². The predicted molar refractivity (Wildman–Crippen MR) is 46.0 cm³/mol. The zero-order valence-corrected chi connectivity index (χ0v) is 7.19. The predicted octanol–water partition coefficient (Wildman–Crippen LogP) is 3.53. The summed E-state index contributed by atoms with van der Waals surface area (Å²) in [6, 6.07) is 0. The van der Waals surface area contributed by atoms with Crippen LogP contribution in [0, 0.1) is 5.92 Å². The average Bonchev–Trinajstić information content (AvgIpc) is 2.37. The van der Waals surface area contributed by atoms with Crippen molar-refractivity contribution in [2.24, 2.45) is 5.92 Å². The summed E-state index contributed by atoms with van der Waals surface area (Å²) >= 11 is 0. The van der Waals surface area contributed by atoms with Crippen LogP contribution in [0.5, 0.6) is 0 Å². The number of hydrogen-bond donors (Lipinski definition) is 0. The van der Waals surface area contributed by atoms with Gasteiger partial charge in [0.1, 0.15) is 0 Å². The van der Waals surface area contributed by atoms with Gasteiger partial charge in [-0.1, -0.05) is 31.9 Å². The molecule has 0 spiro atoms. The lowest BCUT2D eigenvalue weighted by atomic mass is 10.0. The summed E-state index contributed by atoms with van der Waals surface area (Å²) in [6.45, 7) is 4.54. The van der Waals surface area contributed by atoms with Crippen molar-refractivity contribution in [3.63, 3.8) is 0 Å². The van der Waals surface area contributed by atoms with Gasteiger partial charge in [0.2, 0.25) is 0 Å².